The van der Waals surface area contributed by atoms with Crippen molar-refractivity contribution < 1.29 is 5.11 Å². The summed E-state index contributed by atoms with van der Waals surface area (Å²) in [5.41, 5.74) is 1.90. The zero-order chi connectivity index (χ0) is 17.2. The van der Waals surface area contributed by atoms with Crippen LogP contribution in [0.15, 0.2) is 67.3 Å². The second-order valence-electron chi connectivity index (χ2n) is 6.58. The standard InChI is InChI=1S/C23H30O/c1-3-4-5-6-7-8-9-10-14-19(2)23(24)22-18-13-16-20-15-11-12-17-21(20)22/h3,11-13,15-18,23-24H,1-2,4-10,14H2. The fraction of sp³-hybridized carbons (Fsp3) is 0.391. The number of hydrogen-bond donors (Lipinski definition) is 1. The molecule has 0 aliphatic carbocycles. The summed E-state index contributed by atoms with van der Waals surface area (Å²) in [5, 5.41) is 13.0. The Kier molecular flexibility index (Phi) is 7.77. The van der Waals surface area contributed by atoms with Crippen LogP contribution in [0.5, 0.6) is 0 Å². The number of aliphatic hydroxyl groups is 1. The topological polar surface area (TPSA) is 20.2 Å². The van der Waals surface area contributed by atoms with Crippen LogP contribution in [0.1, 0.15) is 63.0 Å². The van der Waals surface area contributed by atoms with Crippen molar-refractivity contribution in [2.45, 2.75) is 57.5 Å². The minimum Gasteiger partial charge on any atom is -0.384 e. The lowest BCUT2D eigenvalue weighted by atomic mass is 9.94. The molecular weight excluding hydrogens is 292 g/mol. The van der Waals surface area contributed by atoms with E-state index in [0.29, 0.717) is 0 Å². The third-order valence-corrected chi connectivity index (χ3v) is 4.66. The molecule has 128 valence electrons. The second kappa shape index (κ2) is 10.1. The second-order valence-corrected chi connectivity index (χ2v) is 6.58. The average Bonchev–Trinajstić information content (AvgIpc) is 2.62. The van der Waals surface area contributed by atoms with Crippen molar-refractivity contribution in [2.75, 3.05) is 0 Å². The number of hydrogen-bond acceptors (Lipinski definition) is 1. The smallest absolute Gasteiger partial charge is 0.100 e. The Morgan fingerprint density at radius 2 is 1.58 bits per heavy atom. The van der Waals surface area contributed by atoms with Crippen LogP contribution >= 0.6 is 0 Å². The van der Waals surface area contributed by atoms with Crippen molar-refractivity contribution in [3.63, 3.8) is 0 Å². The summed E-state index contributed by atoms with van der Waals surface area (Å²) in [7, 11) is 0. The fourth-order valence-electron chi connectivity index (χ4n) is 3.19. The van der Waals surface area contributed by atoms with Gasteiger partial charge in [0.05, 0.1) is 0 Å². The Balaban J connectivity index is 1.79. The Morgan fingerprint density at radius 1 is 0.917 bits per heavy atom. The Bertz CT molecular complexity index is 651. The molecule has 0 spiro atoms. The summed E-state index contributed by atoms with van der Waals surface area (Å²) in [4.78, 5) is 0. The van der Waals surface area contributed by atoms with Gasteiger partial charge in [-0.3, -0.25) is 0 Å². The van der Waals surface area contributed by atoms with E-state index in [2.05, 4.69) is 31.4 Å². The monoisotopic (exact) mass is 322 g/mol. The molecule has 0 radical (unpaired) electrons. The number of benzene rings is 2. The van der Waals surface area contributed by atoms with Crippen molar-refractivity contribution in [1.29, 1.82) is 0 Å². The van der Waals surface area contributed by atoms with Gasteiger partial charge in [0.2, 0.25) is 0 Å². The van der Waals surface area contributed by atoms with Gasteiger partial charge in [-0.15, -0.1) is 6.58 Å². The van der Waals surface area contributed by atoms with Gasteiger partial charge < -0.3 is 5.11 Å². The normalized spacial score (nSPS) is 12.2. The minimum absolute atomic E-state index is 0.566. The lowest BCUT2D eigenvalue weighted by molar-refractivity contribution is 0.212. The lowest BCUT2D eigenvalue weighted by Gasteiger charge is -2.16. The van der Waals surface area contributed by atoms with Crippen LogP contribution in [0.4, 0.5) is 0 Å². The van der Waals surface area contributed by atoms with E-state index in [9.17, 15) is 5.11 Å². The maximum atomic E-state index is 10.7. The summed E-state index contributed by atoms with van der Waals surface area (Å²) in [5.74, 6) is 0. The zero-order valence-electron chi connectivity index (χ0n) is 14.7. The molecule has 1 N–H and O–H groups in total. The predicted molar refractivity (Wildman–Crippen MR) is 105 cm³/mol. The van der Waals surface area contributed by atoms with Gasteiger partial charge in [0, 0.05) is 0 Å². The van der Waals surface area contributed by atoms with Crippen molar-refractivity contribution >= 4 is 10.8 Å². The van der Waals surface area contributed by atoms with Gasteiger partial charge in [0.1, 0.15) is 6.10 Å². The van der Waals surface area contributed by atoms with Crippen molar-refractivity contribution in [3.05, 3.63) is 72.8 Å². The molecule has 1 heteroatoms. The van der Waals surface area contributed by atoms with E-state index in [4.69, 9.17) is 0 Å². The summed E-state index contributed by atoms with van der Waals surface area (Å²) < 4.78 is 0. The number of allylic oxidation sites excluding steroid dienone is 1. The first-order valence-electron chi connectivity index (χ1n) is 9.18. The summed E-state index contributed by atoms with van der Waals surface area (Å²) in [6.45, 7) is 7.89. The molecule has 2 aromatic rings. The van der Waals surface area contributed by atoms with Crippen molar-refractivity contribution in [2.24, 2.45) is 0 Å². The molecule has 1 nitrogen and oxygen atoms in total. The first kappa shape index (κ1) is 18.5. The maximum absolute atomic E-state index is 10.7. The molecule has 0 saturated heterocycles. The van der Waals surface area contributed by atoms with Crippen LogP contribution in [0.2, 0.25) is 0 Å². The SMILES string of the molecule is C=CCCCCCCCCC(=C)C(O)c1cccc2ccccc12. The molecule has 0 aromatic heterocycles. The Hall–Kier alpha value is -1.86. The minimum atomic E-state index is -0.566. The molecule has 0 amide bonds. The van der Waals surface area contributed by atoms with Crippen LogP contribution in [-0.2, 0) is 0 Å². The van der Waals surface area contributed by atoms with Crippen LogP contribution in [0, 0.1) is 0 Å². The van der Waals surface area contributed by atoms with E-state index in [1.165, 1.54) is 37.5 Å². The molecule has 2 rings (SSSR count). The van der Waals surface area contributed by atoms with E-state index in [-0.39, 0.29) is 0 Å². The van der Waals surface area contributed by atoms with E-state index < -0.39 is 6.10 Å². The van der Waals surface area contributed by atoms with Crippen molar-refractivity contribution in [1.82, 2.24) is 0 Å². The van der Waals surface area contributed by atoms with Crippen LogP contribution in [-0.4, -0.2) is 5.11 Å². The van der Waals surface area contributed by atoms with Gasteiger partial charge in [-0.25, -0.2) is 0 Å². The fourth-order valence-corrected chi connectivity index (χ4v) is 3.19. The molecule has 0 heterocycles. The molecule has 0 aliphatic rings. The molecule has 24 heavy (non-hydrogen) atoms. The van der Waals surface area contributed by atoms with Crippen LogP contribution in [0.3, 0.4) is 0 Å². The quantitative estimate of drug-likeness (QED) is 0.359. The molecule has 0 fully saturated rings. The summed E-state index contributed by atoms with van der Waals surface area (Å²) >= 11 is 0. The molecule has 2 aromatic carbocycles. The highest BCUT2D eigenvalue weighted by molar-refractivity contribution is 5.86. The Labute approximate surface area is 146 Å². The van der Waals surface area contributed by atoms with E-state index in [0.717, 1.165) is 35.8 Å². The highest BCUT2D eigenvalue weighted by atomic mass is 16.3. The lowest BCUT2D eigenvalue weighted by Crippen LogP contribution is -2.02. The molecule has 0 aliphatic heterocycles. The highest BCUT2D eigenvalue weighted by Crippen LogP contribution is 2.30. The van der Waals surface area contributed by atoms with Crippen LogP contribution in [0.25, 0.3) is 10.8 Å². The maximum Gasteiger partial charge on any atom is 0.100 e. The largest absolute Gasteiger partial charge is 0.384 e. The number of rotatable bonds is 11. The molecule has 1 unspecified atom stereocenters. The summed E-state index contributed by atoms with van der Waals surface area (Å²) in [6.07, 6.45) is 10.9. The van der Waals surface area contributed by atoms with Gasteiger partial charge in [0.25, 0.3) is 0 Å². The number of fused-ring (bicyclic) bond motifs is 1. The first-order valence-corrected chi connectivity index (χ1v) is 9.18. The molecule has 1 atom stereocenters. The van der Waals surface area contributed by atoms with E-state index in [1.54, 1.807) is 0 Å². The zero-order valence-corrected chi connectivity index (χ0v) is 14.7. The molecular formula is C23H30O. The highest BCUT2D eigenvalue weighted by Gasteiger charge is 2.13. The predicted octanol–water partition coefficient (Wildman–Crippen LogP) is 6.74. The summed E-state index contributed by atoms with van der Waals surface area (Å²) in [6, 6.07) is 14.3. The third kappa shape index (κ3) is 5.35. The van der Waals surface area contributed by atoms with Gasteiger partial charge >= 0.3 is 0 Å². The first-order chi connectivity index (χ1) is 11.7. The van der Waals surface area contributed by atoms with Crippen LogP contribution < -0.4 is 0 Å². The van der Waals surface area contributed by atoms with Gasteiger partial charge in [-0.2, -0.15) is 0 Å². The van der Waals surface area contributed by atoms with Crippen molar-refractivity contribution in [3.8, 4) is 0 Å². The third-order valence-electron chi connectivity index (χ3n) is 4.66. The average molecular weight is 322 g/mol. The van der Waals surface area contributed by atoms with Gasteiger partial charge in [-0.1, -0.05) is 80.8 Å². The number of unbranched alkanes of at least 4 members (excludes halogenated alkanes) is 6. The van der Waals surface area contributed by atoms with E-state index >= 15 is 0 Å². The van der Waals surface area contributed by atoms with Gasteiger partial charge in [0.15, 0.2) is 0 Å². The van der Waals surface area contributed by atoms with Gasteiger partial charge in [-0.05, 0) is 47.6 Å². The molecule has 0 saturated carbocycles. The molecule has 0 bridgehead atoms. The number of aliphatic hydroxyl groups excluding tert-OH is 1. The van der Waals surface area contributed by atoms with E-state index in [1.807, 2.05) is 30.3 Å². The Morgan fingerprint density at radius 3 is 2.38 bits per heavy atom.